The molecule has 2 rings (SSSR count). The minimum atomic E-state index is -0.208. The standard InChI is InChI=1S/C9H14BrN3OS/c10-8-4-13-9(15-8)5-12-2-6-1-11-3-7(6)14/h4,6-7,11-12,14H,1-3,5H2. The van der Waals surface area contributed by atoms with Crippen molar-refractivity contribution in [2.75, 3.05) is 19.6 Å². The maximum absolute atomic E-state index is 9.57. The number of aromatic nitrogens is 1. The molecule has 2 atom stereocenters. The SMILES string of the molecule is OC1CNCC1CNCc1ncc(Br)s1. The number of halogens is 1. The van der Waals surface area contributed by atoms with Crippen LogP contribution in [0.25, 0.3) is 0 Å². The molecule has 2 unspecified atom stereocenters. The van der Waals surface area contributed by atoms with Crippen LogP contribution in [0.15, 0.2) is 9.98 Å². The van der Waals surface area contributed by atoms with Crippen LogP contribution in [0, 0.1) is 5.92 Å². The van der Waals surface area contributed by atoms with Crippen molar-refractivity contribution in [3.63, 3.8) is 0 Å². The summed E-state index contributed by atoms with van der Waals surface area (Å²) in [6, 6.07) is 0. The lowest BCUT2D eigenvalue weighted by Crippen LogP contribution is -2.30. The van der Waals surface area contributed by atoms with Gasteiger partial charge < -0.3 is 15.7 Å². The van der Waals surface area contributed by atoms with Crippen molar-refractivity contribution in [1.29, 1.82) is 0 Å². The zero-order chi connectivity index (χ0) is 10.7. The van der Waals surface area contributed by atoms with Crippen LogP contribution in [0.2, 0.25) is 0 Å². The molecule has 15 heavy (non-hydrogen) atoms. The van der Waals surface area contributed by atoms with Crippen LogP contribution >= 0.6 is 27.3 Å². The van der Waals surface area contributed by atoms with Crippen molar-refractivity contribution in [1.82, 2.24) is 15.6 Å². The summed E-state index contributed by atoms with van der Waals surface area (Å²) in [6.07, 6.45) is 1.61. The number of aliphatic hydroxyl groups is 1. The zero-order valence-electron chi connectivity index (χ0n) is 8.24. The number of thiazole rings is 1. The lowest BCUT2D eigenvalue weighted by molar-refractivity contribution is 0.146. The average Bonchev–Trinajstić information content (AvgIpc) is 2.77. The van der Waals surface area contributed by atoms with Gasteiger partial charge in [0.15, 0.2) is 0 Å². The molecule has 0 aliphatic carbocycles. The van der Waals surface area contributed by atoms with E-state index in [4.69, 9.17) is 0 Å². The normalized spacial score (nSPS) is 26.0. The second-order valence-corrected chi connectivity index (χ2v) is 6.17. The molecule has 1 saturated heterocycles. The summed E-state index contributed by atoms with van der Waals surface area (Å²) in [5.41, 5.74) is 0. The summed E-state index contributed by atoms with van der Waals surface area (Å²) in [6.45, 7) is 3.23. The molecule has 6 heteroatoms. The molecule has 0 radical (unpaired) electrons. The number of nitrogens with one attached hydrogen (secondary N) is 2. The van der Waals surface area contributed by atoms with Crippen LogP contribution in [0.5, 0.6) is 0 Å². The van der Waals surface area contributed by atoms with Crippen LogP contribution < -0.4 is 10.6 Å². The number of β-amino-alcohol motifs (C(OH)–C–C–N with tert-alkyl or cyclic N) is 1. The summed E-state index contributed by atoms with van der Waals surface area (Å²) in [5.74, 6) is 0.327. The molecule has 0 spiro atoms. The Morgan fingerprint density at radius 2 is 2.53 bits per heavy atom. The highest BCUT2D eigenvalue weighted by molar-refractivity contribution is 9.11. The van der Waals surface area contributed by atoms with Crippen molar-refractivity contribution in [3.05, 3.63) is 15.0 Å². The second kappa shape index (κ2) is 5.36. The van der Waals surface area contributed by atoms with E-state index in [2.05, 4.69) is 31.5 Å². The van der Waals surface area contributed by atoms with E-state index in [0.717, 1.165) is 35.0 Å². The Balaban J connectivity index is 1.70. The van der Waals surface area contributed by atoms with Gasteiger partial charge in [-0.25, -0.2) is 4.98 Å². The van der Waals surface area contributed by atoms with Gasteiger partial charge in [0.05, 0.1) is 16.1 Å². The molecule has 1 aliphatic heterocycles. The second-order valence-electron chi connectivity index (χ2n) is 3.67. The van der Waals surface area contributed by atoms with Gasteiger partial charge in [-0.05, 0) is 15.9 Å². The van der Waals surface area contributed by atoms with Crippen molar-refractivity contribution in [2.24, 2.45) is 5.92 Å². The van der Waals surface area contributed by atoms with Gasteiger partial charge >= 0.3 is 0 Å². The predicted octanol–water partition coefficient (Wildman–Crippen LogP) is 0.576. The van der Waals surface area contributed by atoms with E-state index < -0.39 is 0 Å². The van der Waals surface area contributed by atoms with Crippen LogP contribution in [0.3, 0.4) is 0 Å². The van der Waals surface area contributed by atoms with E-state index >= 15 is 0 Å². The Labute approximate surface area is 101 Å². The molecule has 1 aromatic rings. The number of hydrogen-bond donors (Lipinski definition) is 3. The van der Waals surface area contributed by atoms with Gasteiger partial charge in [0.2, 0.25) is 0 Å². The van der Waals surface area contributed by atoms with E-state index in [1.165, 1.54) is 0 Å². The van der Waals surface area contributed by atoms with E-state index in [0.29, 0.717) is 5.92 Å². The van der Waals surface area contributed by atoms with Crippen molar-refractivity contribution in [2.45, 2.75) is 12.6 Å². The molecule has 84 valence electrons. The van der Waals surface area contributed by atoms with Crippen LogP contribution in [0.4, 0.5) is 0 Å². The lowest BCUT2D eigenvalue weighted by Gasteiger charge is -2.13. The molecule has 2 heterocycles. The molecule has 1 aliphatic rings. The largest absolute Gasteiger partial charge is 0.391 e. The quantitative estimate of drug-likeness (QED) is 0.760. The van der Waals surface area contributed by atoms with Crippen LogP contribution in [-0.4, -0.2) is 35.8 Å². The van der Waals surface area contributed by atoms with Gasteiger partial charge in [-0.3, -0.25) is 0 Å². The first-order chi connectivity index (χ1) is 7.25. The predicted molar refractivity (Wildman–Crippen MR) is 63.9 cm³/mol. The number of nitrogens with zero attached hydrogens (tertiary/aromatic N) is 1. The first-order valence-electron chi connectivity index (χ1n) is 4.95. The molecular formula is C9H14BrN3OS. The summed E-state index contributed by atoms with van der Waals surface area (Å²) >= 11 is 5.01. The Bertz CT molecular complexity index is 320. The minimum Gasteiger partial charge on any atom is -0.391 e. The van der Waals surface area contributed by atoms with E-state index in [1.54, 1.807) is 11.3 Å². The molecule has 0 amide bonds. The van der Waals surface area contributed by atoms with Gasteiger partial charge in [0.25, 0.3) is 0 Å². The summed E-state index contributed by atoms with van der Waals surface area (Å²) in [4.78, 5) is 4.23. The van der Waals surface area contributed by atoms with E-state index in [9.17, 15) is 5.11 Å². The molecular weight excluding hydrogens is 278 g/mol. The highest BCUT2D eigenvalue weighted by Gasteiger charge is 2.24. The van der Waals surface area contributed by atoms with Gasteiger partial charge in [-0.1, -0.05) is 0 Å². The maximum atomic E-state index is 9.57. The fourth-order valence-electron chi connectivity index (χ4n) is 1.66. The first kappa shape index (κ1) is 11.5. The minimum absolute atomic E-state index is 0.208. The fraction of sp³-hybridized carbons (Fsp3) is 0.667. The van der Waals surface area contributed by atoms with Gasteiger partial charge in [0, 0.05) is 32.1 Å². The highest BCUT2D eigenvalue weighted by atomic mass is 79.9. The smallest absolute Gasteiger partial charge is 0.107 e. The summed E-state index contributed by atoms with van der Waals surface area (Å²) in [7, 11) is 0. The average molecular weight is 292 g/mol. The Hall–Kier alpha value is -0.0100. The first-order valence-corrected chi connectivity index (χ1v) is 6.56. The molecule has 1 aromatic heterocycles. The Kier molecular flexibility index (Phi) is 4.10. The topological polar surface area (TPSA) is 57.2 Å². The van der Waals surface area contributed by atoms with E-state index in [-0.39, 0.29) is 6.10 Å². The molecule has 0 saturated carbocycles. The van der Waals surface area contributed by atoms with Crippen molar-refractivity contribution < 1.29 is 5.11 Å². The Morgan fingerprint density at radius 1 is 1.67 bits per heavy atom. The number of rotatable bonds is 4. The van der Waals surface area contributed by atoms with E-state index in [1.807, 2.05) is 6.20 Å². The number of hydrogen-bond acceptors (Lipinski definition) is 5. The fourth-order valence-corrected chi connectivity index (χ4v) is 2.93. The van der Waals surface area contributed by atoms with Gasteiger partial charge in [-0.15, -0.1) is 11.3 Å². The van der Waals surface area contributed by atoms with Crippen molar-refractivity contribution in [3.8, 4) is 0 Å². The lowest BCUT2D eigenvalue weighted by atomic mass is 10.1. The Morgan fingerprint density at radius 3 is 3.13 bits per heavy atom. The third-order valence-corrected chi connectivity index (χ3v) is 3.99. The zero-order valence-corrected chi connectivity index (χ0v) is 10.6. The monoisotopic (exact) mass is 291 g/mol. The van der Waals surface area contributed by atoms with Crippen molar-refractivity contribution >= 4 is 27.3 Å². The third kappa shape index (κ3) is 3.22. The van der Waals surface area contributed by atoms with Crippen LogP contribution in [-0.2, 0) is 6.54 Å². The summed E-state index contributed by atoms with van der Waals surface area (Å²) in [5, 5.41) is 17.1. The molecule has 4 nitrogen and oxygen atoms in total. The van der Waals surface area contributed by atoms with Gasteiger partial charge in [-0.2, -0.15) is 0 Å². The molecule has 1 fully saturated rings. The highest BCUT2D eigenvalue weighted by Crippen LogP contribution is 2.18. The molecule has 0 bridgehead atoms. The third-order valence-electron chi connectivity index (χ3n) is 2.51. The number of aliphatic hydroxyl groups excluding tert-OH is 1. The summed E-state index contributed by atoms with van der Waals surface area (Å²) < 4.78 is 1.06. The van der Waals surface area contributed by atoms with Gasteiger partial charge in [0.1, 0.15) is 5.01 Å². The maximum Gasteiger partial charge on any atom is 0.107 e. The molecule has 0 aromatic carbocycles. The van der Waals surface area contributed by atoms with Crippen LogP contribution in [0.1, 0.15) is 5.01 Å². The molecule has 3 N–H and O–H groups in total.